The number of fused-ring (bicyclic) bond motifs is 1. The third-order valence-corrected chi connectivity index (χ3v) is 2.38. The fourth-order valence-electron chi connectivity index (χ4n) is 1.64. The Balaban J connectivity index is 2.22. The molecule has 0 bridgehead atoms. The summed E-state index contributed by atoms with van der Waals surface area (Å²) in [5.74, 6) is 0.877. The summed E-state index contributed by atoms with van der Waals surface area (Å²) in [6.45, 7) is 0. The van der Waals surface area contributed by atoms with E-state index in [1.807, 2.05) is 30.5 Å². The zero-order chi connectivity index (χ0) is 10.1. The minimum Gasteiger partial charge on any atom is -0.345 e. The highest BCUT2D eigenvalue weighted by atomic mass is 14.9. The summed E-state index contributed by atoms with van der Waals surface area (Å²) in [5, 5.41) is 1.15. The Morgan fingerprint density at radius 2 is 2.00 bits per heavy atom. The molecule has 1 N–H and O–H groups in total. The highest BCUT2D eigenvalue weighted by Crippen LogP contribution is 2.19. The van der Waals surface area contributed by atoms with Crippen molar-refractivity contribution in [2.75, 3.05) is 0 Å². The number of rotatable bonds is 1. The highest BCUT2D eigenvalue weighted by molar-refractivity contribution is 5.82. The van der Waals surface area contributed by atoms with Crippen molar-refractivity contribution < 1.29 is 0 Å². The maximum Gasteiger partial charge on any atom is 0.137 e. The summed E-state index contributed by atoms with van der Waals surface area (Å²) in [6, 6.07) is 10.1. The van der Waals surface area contributed by atoms with Gasteiger partial charge in [0, 0.05) is 29.5 Å². The van der Waals surface area contributed by atoms with E-state index in [1.165, 1.54) is 0 Å². The monoisotopic (exact) mass is 195 g/mol. The minimum absolute atomic E-state index is 0.877. The third-order valence-electron chi connectivity index (χ3n) is 2.38. The van der Waals surface area contributed by atoms with Gasteiger partial charge in [0.1, 0.15) is 5.82 Å². The molecule has 0 atom stereocenters. The number of hydrogen-bond acceptors (Lipinski definition) is 2. The largest absolute Gasteiger partial charge is 0.345 e. The van der Waals surface area contributed by atoms with E-state index in [-0.39, 0.29) is 0 Å². The molecule has 3 nitrogen and oxygen atoms in total. The molecule has 0 saturated heterocycles. The van der Waals surface area contributed by atoms with Crippen LogP contribution in [-0.2, 0) is 0 Å². The topological polar surface area (TPSA) is 41.6 Å². The second kappa shape index (κ2) is 3.20. The maximum atomic E-state index is 4.31. The van der Waals surface area contributed by atoms with Crippen LogP contribution in [0, 0.1) is 0 Å². The van der Waals surface area contributed by atoms with E-state index in [1.54, 1.807) is 12.4 Å². The molecule has 0 fully saturated rings. The van der Waals surface area contributed by atoms with Gasteiger partial charge in [0.25, 0.3) is 0 Å². The number of nitrogens with one attached hydrogen (secondary N) is 1. The van der Waals surface area contributed by atoms with E-state index in [4.69, 9.17) is 0 Å². The van der Waals surface area contributed by atoms with Crippen molar-refractivity contribution in [1.82, 2.24) is 15.0 Å². The van der Waals surface area contributed by atoms with E-state index in [0.717, 1.165) is 22.3 Å². The van der Waals surface area contributed by atoms with Crippen molar-refractivity contribution in [2.45, 2.75) is 0 Å². The van der Waals surface area contributed by atoms with Crippen LogP contribution in [0.3, 0.4) is 0 Å². The van der Waals surface area contributed by atoms with Gasteiger partial charge in [0.05, 0.1) is 5.52 Å². The molecule has 2 heterocycles. The number of benzene rings is 1. The van der Waals surface area contributed by atoms with Crippen LogP contribution in [0.4, 0.5) is 0 Å². The van der Waals surface area contributed by atoms with Gasteiger partial charge in [0.15, 0.2) is 0 Å². The molecule has 0 aliphatic carbocycles. The Kier molecular flexibility index (Phi) is 1.75. The molecule has 3 aromatic rings. The van der Waals surface area contributed by atoms with Gasteiger partial charge in [-0.15, -0.1) is 0 Å². The first-order chi connectivity index (χ1) is 7.43. The Bertz CT molecular complexity index is 585. The quantitative estimate of drug-likeness (QED) is 0.648. The van der Waals surface area contributed by atoms with Crippen LogP contribution in [0.5, 0.6) is 0 Å². The Morgan fingerprint density at radius 1 is 1.00 bits per heavy atom. The molecule has 15 heavy (non-hydrogen) atoms. The van der Waals surface area contributed by atoms with Gasteiger partial charge in [-0.2, -0.15) is 0 Å². The number of nitrogens with zero attached hydrogens (tertiary/aromatic N) is 2. The lowest BCUT2D eigenvalue weighted by Gasteiger charge is -1.99. The standard InChI is InChI=1S/C12H9N3/c1-2-9-3-4-10(8-11(9)13-5-1)12-14-6-7-15-12/h1-8H,(H,14,15). The molecule has 1 aromatic carbocycles. The smallest absolute Gasteiger partial charge is 0.137 e. The normalized spacial score (nSPS) is 10.7. The van der Waals surface area contributed by atoms with Crippen molar-refractivity contribution in [1.29, 1.82) is 0 Å². The van der Waals surface area contributed by atoms with Crippen molar-refractivity contribution >= 4 is 10.9 Å². The molecule has 0 aliphatic rings. The molecule has 0 radical (unpaired) electrons. The molecule has 3 heteroatoms. The van der Waals surface area contributed by atoms with E-state index < -0.39 is 0 Å². The van der Waals surface area contributed by atoms with Gasteiger partial charge in [-0.25, -0.2) is 4.98 Å². The SMILES string of the molecule is c1cnc2cc(-c3ncc[nH]3)ccc2c1. The van der Waals surface area contributed by atoms with Gasteiger partial charge in [-0.3, -0.25) is 4.98 Å². The van der Waals surface area contributed by atoms with Crippen LogP contribution in [0.15, 0.2) is 48.9 Å². The Morgan fingerprint density at radius 3 is 2.87 bits per heavy atom. The van der Waals surface area contributed by atoms with E-state index in [2.05, 4.69) is 21.0 Å². The van der Waals surface area contributed by atoms with E-state index >= 15 is 0 Å². The second-order valence-electron chi connectivity index (χ2n) is 3.35. The van der Waals surface area contributed by atoms with Crippen molar-refractivity contribution in [3.8, 4) is 11.4 Å². The van der Waals surface area contributed by atoms with Crippen molar-refractivity contribution in [3.05, 3.63) is 48.9 Å². The lowest BCUT2D eigenvalue weighted by atomic mass is 10.1. The van der Waals surface area contributed by atoms with Crippen LogP contribution in [0.25, 0.3) is 22.3 Å². The molecule has 72 valence electrons. The van der Waals surface area contributed by atoms with Crippen molar-refractivity contribution in [2.24, 2.45) is 0 Å². The summed E-state index contributed by atoms with van der Waals surface area (Å²) in [6.07, 6.45) is 5.37. The number of aromatic nitrogens is 3. The zero-order valence-electron chi connectivity index (χ0n) is 8.01. The molecule has 2 aromatic heterocycles. The Labute approximate surface area is 86.8 Å². The highest BCUT2D eigenvalue weighted by Gasteiger charge is 2.00. The number of pyridine rings is 1. The van der Waals surface area contributed by atoms with Crippen LogP contribution in [0.1, 0.15) is 0 Å². The third kappa shape index (κ3) is 1.38. The average Bonchev–Trinajstić information content (AvgIpc) is 2.82. The predicted octanol–water partition coefficient (Wildman–Crippen LogP) is 2.62. The van der Waals surface area contributed by atoms with Crippen LogP contribution >= 0.6 is 0 Å². The average molecular weight is 195 g/mol. The maximum absolute atomic E-state index is 4.31. The van der Waals surface area contributed by atoms with Gasteiger partial charge in [-0.05, 0) is 12.1 Å². The number of aromatic amines is 1. The van der Waals surface area contributed by atoms with Gasteiger partial charge in [-0.1, -0.05) is 18.2 Å². The summed E-state index contributed by atoms with van der Waals surface area (Å²) >= 11 is 0. The van der Waals surface area contributed by atoms with Crippen molar-refractivity contribution in [3.63, 3.8) is 0 Å². The van der Waals surface area contributed by atoms with Crippen LogP contribution in [-0.4, -0.2) is 15.0 Å². The van der Waals surface area contributed by atoms with Gasteiger partial charge < -0.3 is 4.98 Å². The van der Waals surface area contributed by atoms with Crippen LogP contribution < -0.4 is 0 Å². The van der Waals surface area contributed by atoms with E-state index in [0.29, 0.717) is 0 Å². The second-order valence-corrected chi connectivity index (χ2v) is 3.35. The van der Waals surface area contributed by atoms with Crippen LogP contribution in [0.2, 0.25) is 0 Å². The first kappa shape index (κ1) is 8.17. The molecule has 0 amide bonds. The summed E-state index contributed by atoms with van der Waals surface area (Å²) in [4.78, 5) is 11.6. The number of imidazole rings is 1. The minimum atomic E-state index is 0.877. The fraction of sp³-hybridized carbons (Fsp3) is 0. The lowest BCUT2D eigenvalue weighted by molar-refractivity contribution is 1.31. The first-order valence-electron chi connectivity index (χ1n) is 4.78. The predicted molar refractivity (Wildman–Crippen MR) is 59.3 cm³/mol. The lowest BCUT2D eigenvalue weighted by Crippen LogP contribution is -1.82. The molecule has 0 unspecified atom stereocenters. The van der Waals surface area contributed by atoms with Gasteiger partial charge >= 0.3 is 0 Å². The number of hydrogen-bond donors (Lipinski definition) is 1. The molecule has 3 rings (SSSR count). The number of H-pyrrole nitrogens is 1. The van der Waals surface area contributed by atoms with Gasteiger partial charge in [0.2, 0.25) is 0 Å². The summed E-state index contributed by atoms with van der Waals surface area (Å²) in [7, 11) is 0. The molecule has 0 saturated carbocycles. The summed E-state index contributed by atoms with van der Waals surface area (Å²) in [5.41, 5.74) is 2.05. The Hall–Kier alpha value is -2.16. The summed E-state index contributed by atoms with van der Waals surface area (Å²) < 4.78 is 0. The first-order valence-corrected chi connectivity index (χ1v) is 4.78. The molecule has 0 aliphatic heterocycles. The fourth-order valence-corrected chi connectivity index (χ4v) is 1.64. The molecule has 0 spiro atoms. The molecular formula is C12H9N3. The molecular weight excluding hydrogens is 186 g/mol. The van der Waals surface area contributed by atoms with E-state index in [9.17, 15) is 0 Å². The zero-order valence-corrected chi connectivity index (χ0v) is 8.01.